The molecule has 2 aromatic rings. The van der Waals surface area contributed by atoms with Gasteiger partial charge in [-0.3, -0.25) is 18.7 Å². The number of nitrogens with one attached hydrogen (secondary N) is 1. The average Bonchev–Trinajstić information content (AvgIpc) is 2.94. The molecule has 0 fully saturated rings. The second-order valence-electron chi connectivity index (χ2n) is 5.45. The van der Waals surface area contributed by atoms with E-state index in [-0.39, 0.29) is 0 Å². The summed E-state index contributed by atoms with van der Waals surface area (Å²) in [7, 11) is 2.98. The molecule has 0 bridgehead atoms. The number of aliphatic carboxylic acids is 1. The number of carbonyl (C=O) groups is 1. The van der Waals surface area contributed by atoms with Crippen molar-refractivity contribution in [1.82, 2.24) is 24.0 Å². The first-order valence-corrected chi connectivity index (χ1v) is 7.45. The highest BCUT2D eigenvalue weighted by molar-refractivity contribution is 5.73. The molecule has 0 aliphatic carbocycles. The number of rotatable bonds is 7. The molecule has 9 nitrogen and oxygen atoms in total. The summed E-state index contributed by atoms with van der Waals surface area (Å²) in [5, 5.41) is 12.1. The highest BCUT2D eigenvalue weighted by atomic mass is 16.4. The van der Waals surface area contributed by atoms with E-state index in [9.17, 15) is 14.4 Å². The molecule has 0 aromatic carbocycles. The van der Waals surface area contributed by atoms with Gasteiger partial charge in [-0.25, -0.2) is 9.78 Å². The highest BCUT2D eigenvalue weighted by Crippen LogP contribution is 2.05. The van der Waals surface area contributed by atoms with Gasteiger partial charge in [-0.15, -0.1) is 0 Å². The first-order chi connectivity index (χ1) is 10.9. The third kappa shape index (κ3) is 3.19. The van der Waals surface area contributed by atoms with E-state index in [0.29, 0.717) is 30.7 Å². The molecule has 1 unspecified atom stereocenters. The predicted molar refractivity (Wildman–Crippen MR) is 84.5 cm³/mol. The van der Waals surface area contributed by atoms with Crippen LogP contribution in [0.4, 0.5) is 0 Å². The van der Waals surface area contributed by atoms with E-state index in [1.54, 1.807) is 11.6 Å². The van der Waals surface area contributed by atoms with Gasteiger partial charge in [0.1, 0.15) is 6.04 Å². The van der Waals surface area contributed by atoms with Crippen LogP contribution in [0.15, 0.2) is 15.9 Å². The third-order valence-corrected chi connectivity index (χ3v) is 3.84. The van der Waals surface area contributed by atoms with Gasteiger partial charge in [0.2, 0.25) is 0 Å². The molecule has 0 aliphatic rings. The quantitative estimate of drug-likeness (QED) is 0.695. The zero-order valence-corrected chi connectivity index (χ0v) is 13.4. The van der Waals surface area contributed by atoms with Crippen LogP contribution in [-0.2, 0) is 25.4 Å². The molecule has 0 saturated carbocycles. The van der Waals surface area contributed by atoms with Crippen LogP contribution in [0.25, 0.3) is 11.2 Å². The highest BCUT2D eigenvalue weighted by Gasteiger charge is 2.17. The number of imidazole rings is 1. The standard InChI is InChI=1S/C14H21N5O4/c1-4-5-9(13(21)22)15-6-7-19-8-16-11-10(19)12(20)18(3)14(23)17(11)2/h8-9,15H,4-7H2,1-3H3,(H,21,22). The zero-order valence-electron chi connectivity index (χ0n) is 13.4. The molecule has 9 heteroatoms. The number of hydrogen-bond donors (Lipinski definition) is 2. The van der Waals surface area contributed by atoms with Crippen LogP contribution in [0.2, 0.25) is 0 Å². The first kappa shape index (κ1) is 16.9. The molecule has 2 N–H and O–H groups in total. The maximum Gasteiger partial charge on any atom is 0.332 e. The fraction of sp³-hybridized carbons (Fsp3) is 0.571. The number of nitrogens with zero attached hydrogens (tertiary/aromatic N) is 4. The van der Waals surface area contributed by atoms with Gasteiger partial charge in [0.15, 0.2) is 11.2 Å². The molecule has 0 aliphatic heterocycles. The van der Waals surface area contributed by atoms with Gasteiger partial charge in [0.25, 0.3) is 5.56 Å². The Labute approximate surface area is 132 Å². The molecule has 1 atom stereocenters. The zero-order chi connectivity index (χ0) is 17.1. The lowest BCUT2D eigenvalue weighted by atomic mass is 10.2. The normalized spacial score (nSPS) is 12.7. The molecule has 0 spiro atoms. The Morgan fingerprint density at radius 1 is 1.35 bits per heavy atom. The molecule has 23 heavy (non-hydrogen) atoms. The van der Waals surface area contributed by atoms with Crippen LogP contribution in [0.1, 0.15) is 19.8 Å². The average molecular weight is 323 g/mol. The number of aryl methyl sites for hydroxylation is 1. The Balaban J connectivity index is 2.24. The Hall–Kier alpha value is -2.42. The third-order valence-electron chi connectivity index (χ3n) is 3.84. The summed E-state index contributed by atoms with van der Waals surface area (Å²) in [5.41, 5.74) is -0.191. The van der Waals surface area contributed by atoms with Gasteiger partial charge in [-0.05, 0) is 6.42 Å². The Kier molecular flexibility index (Phi) is 4.99. The number of carboxylic acids is 1. The topological polar surface area (TPSA) is 111 Å². The van der Waals surface area contributed by atoms with Gasteiger partial charge in [0, 0.05) is 27.2 Å². The lowest BCUT2D eigenvalue weighted by molar-refractivity contribution is -0.139. The van der Waals surface area contributed by atoms with Gasteiger partial charge in [0.05, 0.1) is 6.33 Å². The summed E-state index contributed by atoms with van der Waals surface area (Å²) in [6.45, 7) is 2.69. The van der Waals surface area contributed by atoms with E-state index in [1.165, 1.54) is 17.9 Å². The minimum Gasteiger partial charge on any atom is -0.480 e. The van der Waals surface area contributed by atoms with E-state index in [4.69, 9.17) is 5.11 Å². The van der Waals surface area contributed by atoms with Crippen molar-refractivity contribution in [2.24, 2.45) is 14.1 Å². The summed E-state index contributed by atoms with van der Waals surface area (Å²) in [6, 6.07) is -0.609. The Morgan fingerprint density at radius 3 is 2.65 bits per heavy atom. The van der Waals surface area contributed by atoms with Crippen molar-refractivity contribution >= 4 is 17.1 Å². The molecule has 0 amide bonds. The van der Waals surface area contributed by atoms with Crippen molar-refractivity contribution in [3.05, 3.63) is 27.2 Å². The SMILES string of the molecule is CCCC(NCCn1cnc2c1c(=O)n(C)c(=O)n2C)C(=O)O. The van der Waals surface area contributed by atoms with Crippen LogP contribution in [0.5, 0.6) is 0 Å². The lowest BCUT2D eigenvalue weighted by Crippen LogP contribution is -2.39. The van der Waals surface area contributed by atoms with Gasteiger partial charge < -0.3 is 15.0 Å². The largest absolute Gasteiger partial charge is 0.480 e. The van der Waals surface area contributed by atoms with Gasteiger partial charge >= 0.3 is 11.7 Å². The summed E-state index contributed by atoms with van der Waals surface area (Å²) >= 11 is 0. The number of fused-ring (bicyclic) bond motifs is 1. The molecule has 126 valence electrons. The van der Waals surface area contributed by atoms with Gasteiger partial charge in [-0.2, -0.15) is 0 Å². The van der Waals surface area contributed by atoms with E-state index in [2.05, 4.69) is 10.3 Å². The monoisotopic (exact) mass is 323 g/mol. The minimum atomic E-state index is -0.888. The van der Waals surface area contributed by atoms with Crippen molar-refractivity contribution in [2.45, 2.75) is 32.4 Å². The van der Waals surface area contributed by atoms with Crippen LogP contribution in [0, 0.1) is 0 Å². The van der Waals surface area contributed by atoms with Crippen LogP contribution >= 0.6 is 0 Å². The fourth-order valence-corrected chi connectivity index (χ4v) is 2.53. The number of carboxylic acid groups (broad SMARTS) is 1. The number of aromatic nitrogens is 4. The van der Waals surface area contributed by atoms with Crippen LogP contribution in [-0.4, -0.2) is 42.3 Å². The maximum atomic E-state index is 12.3. The number of hydrogen-bond acceptors (Lipinski definition) is 5. The molecular formula is C14H21N5O4. The lowest BCUT2D eigenvalue weighted by Gasteiger charge is -2.13. The summed E-state index contributed by atoms with van der Waals surface area (Å²) in [6.07, 6.45) is 2.79. The molecule has 2 rings (SSSR count). The molecular weight excluding hydrogens is 302 g/mol. The van der Waals surface area contributed by atoms with Crippen molar-refractivity contribution in [3.63, 3.8) is 0 Å². The minimum absolute atomic E-state index is 0.321. The summed E-state index contributed by atoms with van der Waals surface area (Å²) in [5.74, 6) is -0.888. The van der Waals surface area contributed by atoms with Crippen molar-refractivity contribution in [3.8, 4) is 0 Å². The second kappa shape index (κ2) is 6.78. The Morgan fingerprint density at radius 2 is 2.04 bits per heavy atom. The van der Waals surface area contributed by atoms with Crippen molar-refractivity contribution in [2.75, 3.05) is 6.54 Å². The van der Waals surface area contributed by atoms with E-state index < -0.39 is 23.3 Å². The molecule has 0 radical (unpaired) electrons. The Bertz CT molecular complexity index is 832. The van der Waals surface area contributed by atoms with Crippen molar-refractivity contribution < 1.29 is 9.90 Å². The van der Waals surface area contributed by atoms with Gasteiger partial charge in [-0.1, -0.05) is 13.3 Å². The molecule has 2 aromatic heterocycles. The summed E-state index contributed by atoms with van der Waals surface area (Å²) < 4.78 is 3.98. The summed E-state index contributed by atoms with van der Waals surface area (Å²) in [4.78, 5) is 39.3. The van der Waals surface area contributed by atoms with Crippen LogP contribution < -0.4 is 16.6 Å². The second-order valence-corrected chi connectivity index (χ2v) is 5.45. The first-order valence-electron chi connectivity index (χ1n) is 7.45. The predicted octanol–water partition coefficient (Wildman–Crippen LogP) is -0.723. The molecule has 2 heterocycles. The van der Waals surface area contributed by atoms with Crippen LogP contribution in [0.3, 0.4) is 0 Å². The van der Waals surface area contributed by atoms with E-state index in [0.717, 1.165) is 11.0 Å². The fourth-order valence-electron chi connectivity index (χ4n) is 2.53. The van der Waals surface area contributed by atoms with E-state index in [1.807, 2.05) is 6.92 Å². The van der Waals surface area contributed by atoms with Crippen molar-refractivity contribution in [1.29, 1.82) is 0 Å². The maximum absolute atomic E-state index is 12.3. The smallest absolute Gasteiger partial charge is 0.332 e. The van der Waals surface area contributed by atoms with E-state index >= 15 is 0 Å². The molecule has 0 saturated heterocycles.